The summed E-state index contributed by atoms with van der Waals surface area (Å²) in [5.74, 6) is -0.150. The van der Waals surface area contributed by atoms with Gasteiger partial charge in [0.1, 0.15) is 5.82 Å². The molecular weight excluding hydrogens is 217 g/mol. The van der Waals surface area contributed by atoms with Gasteiger partial charge in [-0.3, -0.25) is 0 Å². The number of halogens is 1. The molecule has 0 atom stereocenters. The molecule has 0 fully saturated rings. The van der Waals surface area contributed by atoms with Crippen molar-refractivity contribution < 1.29 is 9.13 Å². The summed E-state index contributed by atoms with van der Waals surface area (Å²) in [5.41, 5.74) is 1.73. The van der Waals surface area contributed by atoms with Crippen LogP contribution in [0.2, 0.25) is 0 Å². The molecule has 0 unspecified atom stereocenters. The van der Waals surface area contributed by atoms with E-state index in [4.69, 9.17) is 4.74 Å². The van der Waals surface area contributed by atoms with E-state index in [1.807, 2.05) is 12.1 Å². The van der Waals surface area contributed by atoms with Gasteiger partial charge >= 0.3 is 0 Å². The molecule has 0 spiro atoms. The minimum atomic E-state index is -0.150. The molecule has 0 bridgehead atoms. The second-order valence-corrected chi connectivity index (χ2v) is 3.94. The van der Waals surface area contributed by atoms with Crippen LogP contribution < -0.4 is 5.32 Å². The summed E-state index contributed by atoms with van der Waals surface area (Å²) in [7, 11) is 1.69. The fraction of sp³-hybridized carbons (Fsp3) is 0.429. The Morgan fingerprint density at radius 2 is 2.18 bits per heavy atom. The van der Waals surface area contributed by atoms with Gasteiger partial charge in [0.15, 0.2) is 0 Å². The minimum absolute atomic E-state index is 0.150. The van der Waals surface area contributed by atoms with E-state index >= 15 is 0 Å². The van der Waals surface area contributed by atoms with Gasteiger partial charge in [0.2, 0.25) is 0 Å². The molecule has 94 valence electrons. The number of rotatable bonds is 7. The predicted octanol–water partition coefficient (Wildman–Crippen LogP) is 2.77. The SMILES string of the molecule is COCCNCCC=Cc1ccc(F)c(C)c1. The fourth-order valence-electron chi connectivity index (χ4n) is 1.48. The first-order valence-corrected chi connectivity index (χ1v) is 5.86. The summed E-state index contributed by atoms with van der Waals surface area (Å²) in [6.07, 6.45) is 5.07. The lowest BCUT2D eigenvalue weighted by atomic mass is 10.1. The van der Waals surface area contributed by atoms with Gasteiger partial charge in [0.25, 0.3) is 0 Å². The molecule has 2 nitrogen and oxygen atoms in total. The molecule has 1 aromatic carbocycles. The quantitative estimate of drug-likeness (QED) is 0.736. The second kappa shape index (κ2) is 7.98. The molecule has 1 N–H and O–H groups in total. The van der Waals surface area contributed by atoms with Gasteiger partial charge in [-0.15, -0.1) is 0 Å². The van der Waals surface area contributed by atoms with Crippen LogP contribution in [-0.4, -0.2) is 26.8 Å². The standard InChI is InChI=1S/C14H20FNO/c1-12-11-13(6-7-14(12)15)5-3-4-8-16-9-10-17-2/h3,5-7,11,16H,4,8-10H2,1-2H3. The maximum atomic E-state index is 13.0. The van der Waals surface area contributed by atoms with E-state index in [0.29, 0.717) is 5.56 Å². The highest BCUT2D eigenvalue weighted by molar-refractivity contribution is 5.50. The molecule has 0 aliphatic carbocycles. The maximum absolute atomic E-state index is 13.0. The molecule has 17 heavy (non-hydrogen) atoms. The van der Waals surface area contributed by atoms with Gasteiger partial charge in [0.05, 0.1) is 6.61 Å². The highest BCUT2D eigenvalue weighted by Crippen LogP contribution is 2.10. The number of benzene rings is 1. The van der Waals surface area contributed by atoms with Crippen LogP contribution in [0.5, 0.6) is 0 Å². The van der Waals surface area contributed by atoms with Crippen molar-refractivity contribution in [2.45, 2.75) is 13.3 Å². The van der Waals surface area contributed by atoms with Gasteiger partial charge < -0.3 is 10.1 Å². The lowest BCUT2D eigenvalue weighted by molar-refractivity contribution is 0.199. The Balaban J connectivity index is 2.26. The van der Waals surface area contributed by atoms with E-state index in [-0.39, 0.29) is 5.82 Å². The first-order valence-electron chi connectivity index (χ1n) is 5.86. The number of aryl methyl sites for hydroxylation is 1. The molecule has 0 saturated carbocycles. The molecule has 0 aliphatic heterocycles. The van der Waals surface area contributed by atoms with Crippen LogP contribution in [0, 0.1) is 12.7 Å². The molecule has 0 saturated heterocycles. The normalized spacial score (nSPS) is 11.2. The van der Waals surface area contributed by atoms with Crippen LogP contribution in [-0.2, 0) is 4.74 Å². The Morgan fingerprint density at radius 3 is 2.88 bits per heavy atom. The van der Waals surface area contributed by atoms with Crippen LogP contribution in [0.4, 0.5) is 4.39 Å². The lowest BCUT2D eigenvalue weighted by Crippen LogP contribution is -2.19. The zero-order valence-corrected chi connectivity index (χ0v) is 10.5. The molecule has 0 radical (unpaired) electrons. The predicted molar refractivity (Wildman–Crippen MR) is 69.5 cm³/mol. The summed E-state index contributed by atoms with van der Waals surface area (Å²) >= 11 is 0. The van der Waals surface area contributed by atoms with Gasteiger partial charge in [0, 0.05) is 13.7 Å². The topological polar surface area (TPSA) is 21.3 Å². The van der Waals surface area contributed by atoms with Crippen molar-refractivity contribution in [3.63, 3.8) is 0 Å². The average Bonchev–Trinajstić information content (AvgIpc) is 2.32. The van der Waals surface area contributed by atoms with Gasteiger partial charge in [-0.25, -0.2) is 4.39 Å². The van der Waals surface area contributed by atoms with Crippen LogP contribution in [0.15, 0.2) is 24.3 Å². The van der Waals surface area contributed by atoms with Crippen LogP contribution >= 0.6 is 0 Å². The number of nitrogens with one attached hydrogen (secondary N) is 1. The van der Waals surface area contributed by atoms with E-state index in [1.165, 1.54) is 6.07 Å². The van der Waals surface area contributed by atoms with Crippen molar-refractivity contribution in [3.05, 3.63) is 41.2 Å². The summed E-state index contributed by atoms with van der Waals surface area (Å²) < 4.78 is 17.9. The maximum Gasteiger partial charge on any atom is 0.126 e. The first-order chi connectivity index (χ1) is 8.24. The zero-order valence-electron chi connectivity index (χ0n) is 10.5. The minimum Gasteiger partial charge on any atom is -0.383 e. The second-order valence-electron chi connectivity index (χ2n) is 3.94. The highest BCUT2D eigenvalue weighted by atomic mass is 19.1. The van der Waals surface area contributed by atoms with E-state index in [1.54, 1.807) is 20.1 Å². The van der Waals surface area contributed by atoms with E-state index in [2.05, 4.69) is 11.4 Å². The van der Waals surface area contributed by atoms with Crippen molar-refractivity contribution in [2.75, 3.05) is 26.8 Å². The fourth-order valence-corrected chi connectivity index (χ4v) is 1.48. The molecule has 1 aromatic rings. The third-order valence-corrected chi connectivity index (χ3v) is 2.46. The first kappa shape index (κ1) is 13.9. The Morgan fingerprint density at radius 1 is 1.35 bits per heavy atom. The number of hydrogen-bond donors (Lipinski definition) is 1. The van der Waals surface area contributed by atoms with Crippen molar-refractivity contribution >= 4 is 6.08 Å². The summed E-state index contributed by atoms with van der Waals surface area (Å²) in [4.78, 5) is 0. The molecular formula is C14H20FNO. The summed E-state index contributed by atoms with van der Waals surface area (Å²) in [6, 6.07) is 5.15. The van der Waals surface area contributed by atoms with Crippen molar-refractivity contribution in [1.29, 1.82) is 0 Å². The average molecular weight is 237 g/mol. The van der Waals surface area contributed by atoms with E-state index < -0.39 is 0 Å². The molecule has 0 aromatic heterocycles. The summed E-state index contributed by atoms with van der Waals surface area (Å²) in [5, 5.41) is 3.26. The Hall–Kier alpha value is -1.19. The Labute approximate surface area is 102 Å². The molecule has 1 rings (SSSR count). The lowest BCUT2D eigenvalue weighted by Gasteiger charge is -2.01. The van der Waals surface area contributed by atoms with Gasteiger partial charge in [-0.2, -0.15) is 0 Å². The number of hydrogen-bond acceptors (Lipinski definition) is 2. The van der Waals surface area contributed by atoms with E-state index in [9.17, 15) is 4.39 Å². The van der Waals surface area contributed by atoms with Gasteiger partial charge in [-0.1, -0.05) is 18.2 Å². The summed E-state index contributed by atoms with van der Waals surface area (Å²) in [6.45, 7) is 4.32. The number of methoxy groups -OCH3 is 1. The zero-order chi connectivity index (χ0) is 12.5. The van der Waals surface area contributed by atoms with Crippen LogP contribution in [0.3, 0.4) is 0 Å². The smallest absolute Gasteiger partial charge is 0.126 e. The number of ether oxygens (including phenoxy) is 1. The van der Waals surface area contributed by atoms with Crippen LogP contribution in [0.1, 0.15) is 17.5 Å². The van der Waals surface area contributed by atoms with E-state index in [0.717, 1.165) is 31.7 Å². The molecule has 0 heterocycles. The van der Waals surface area contributed by atoms with Gasteiger partial charge in [-0.05, 0) is 43.1 Å². The largest absolute Gasteiger partial charge is 0.383 e. The van der Waals surface area contributed by atoms with Crippen molar-refractivity contribution in [2.24, 2.45) is 0 Å². The molecule has 3 heteroatoms. The molecule has 0 amide bonds. The highest BCUT2D eigenvalue weighted by Gasteiger charge is 1.95. The van der Waals surface area contributed by atoms with Crippen molar-refractivity contribution in [3.8, 4) is 0 Å². The third-order valence-electron chi connectivity index (χ3n) is 2.46. The third kappa shape index (κ3) is 5.61. The van der Waals surface area contributed by atoms with Crippen LogP contribution in [0.25, 0.3) is 6.08 Å². The van der Waals surface area contributed by atoms with Crippen molar-refractivity contribution in [1.82, 2.24) is 5.32 Å². The Kier molecular flexibility index (Phi) is 6.51. The molecule has 0 aliphatic rings. The Bertz CT molecular complexity index is 363. The monoisotopic (exact) mass is 237 g/mol.